The van der Waals surface area contributed by atoms with E-state index in [4.69, 9.17) is 14.2 Å². The quantitative estimate of drug-likeness (QED) is 0.331. The summed E-state index contributed by atoms with van der Waals surface area (Å²) < 4.78 is 17.4. The molecule has 2 aromatic carbocycles. The van der Waals surface area contributed by atoms with Crippen LogP contribution in [0.5, 0.6) is 5.75 Å². The highest BCUT2D eigenvalue weighted by Gasteiger charge is 2.64. The molecule has 2 fully saturated rings. The third kappa shape index (κ3) is 5.73. The number of fused-ring (bicyclic) bond motifs is 2. The summed E-state index contributed by atoms with van der Waals surface area (Å²) in [6.07, 6.45) is 4.01. The lowest BCUT2D eigenvalue weighted by molar-refractivity contribution is -0.157. The molecule has 2 aliphatic carbocycles. The number of carbonyl (C=O) groups excluding carboxylic acids is 1. The van der Waals surface area contributed by atoms with Gasteiger partial charge in [-0.3, -0.25) is 9.69 Å². The normalized spacial score (nSPS) is 25.3. The van der Waals surface area contributed by atoms with E-state index in [2.05, 4.69) is 61.2 Å². The van der Waals surface area contributed by atoms with Gasteiger partial charge in [0.1, 0.15) is 11.4 Å². The fraction of sp³-hybridized carbons (Fsp3) is 0.594. The molecule has 4 atom stereocenters. The first-order valence-corrected chi connectivity index (χ1v) is 13.7. The molecule has 0 N–H and O–H groups in total. The summed E-state index contributed by atoms with van der Waals surface area (Å²) in [5.41, 5.74) is 2.00. The molecule has 2 aliphatic rings. The van der Waals surface area contributed by atoms with Crippen LogP contribution in [0.3, 0.4) is 0 Å². The number of ether oxygens (including phenoxy) is 3. The zero-order valence-electron chi connectivity index (χ0n) is 23.8. The molecule has 0 aliphatic heterocycles. The SMILES string of the molecule is COc1ccc([C@H](CC(=O)OC(C)(C)C)N(Cc2ccccc2)C[C@]23CC[C@H](C[C@H]2OC)C3(C)C)cc1. The summed E-state index contributed by atoms with van der Waals surface area (Å²) in [6, 6.07) is 18.6. The maximum Gasteiger partial charge on any atom is 0.308 e. The van der Waals surface area contributed by atoms with Gasteiger partial charge in [0, 0.05) is 31.7 Å². The van der Waals surface area contributed by atoms with Gasteiger partial charge >= 0.3 is 5.97 Å². The van der Waals surface area contributed by atoms with Crippen LogP contribution in [-0.4, -0.2) is 43.3 Å². The van der Waals surface area contributed by atoms with Crippen molar-refractivity contribution in [2.24, 2.45) is 16.7 Å². The first-order chi connectivity index (χ1) is 17.5. The largest absolute Gasteiger partial charge is 0.497 e. The monoisotopic (exact) mass is 507 g/mol. The summed E-state index contributed by atoms with van der Waals surface area (Å²) in [7, 11) is 3.55. The fourth-order valence-electron chi connectivity index (χ4n) is 6.98. The molecule has 2 saturated carbocycles. The van der Waals surface area contributed by atoms with Gasteiger partial charge in [-0.1, -0.05) is 56.3 Å². The molecule has 202 valence electrons. The Morgan fingerprint density at radius 3 is 2.30 bits per heavy atom. The fourth-order valence-corrected chi connectivity index (χ4v) is 6.98. The van der Waals surface area contributed by atoms with Crippen molar-refractivity contribution in [3.63, 3.8) is 0 Å². The van der Waals surface area contributed by atoms with Crippen LogP contribution in [0.15, 0.2) is 54.6 Å². The number of hydrogen-bond donors (Lipinski definition) is 0. The molecule has 4 rings (SSSR count). The Hall–Kier alpha value is -2.37. The summed E-state index contributed by atoms with van der Waals surface area (Å²) in [5, 5.41) is 0. The average molecular weight is 508 g/mol. The van der Waals surface area contributed by atoms with E-state index in [9.17, 15) is 4.79 Å². The second-order valence-corrected chi connectivity index (χ2v) is 12.5. The molecular formula is C32H45NO4. The van der Waals surface area contributed by atoms with E-state index in [1.165, 1.54) is 12.0 Å². The van der Waals surface area contributed by atoms with Gasteiger partial charge < -0.3 is 14.2 Å². The molecule has 0 amide bonds. The number of nitrogens with zero attached hydrogens (tertiary/aromatic N) is 1. The van der Waals surface area contributed by atoms with Crippen molar-refractivity contribution in [1.29, 1.82) is 0 Å². The number of esters is 1. The van der Waals surface area contributed by atoms with Gasteiger partial charge in [0.25, 0.3) is 0 Å². The summed E-state index contributed by atoms with van der Waals surface area (Å²) in [6.45, 7) is 12.3. The second kappa shape index (κ2) is 10.8. The molecule has 0 radical (unpaired) electrons. The minimum absolute atomic E-state index is 0.0276. The van der Waals surface area contributed by atoms with E-state index < -0.39 is 5.60 Å². The molecule has 0 spiro atoms. The Morgan fingerprint density at radius 2 is 1.73 bits per heavy atom. The van der Waals surface area contributed by atoms with Crippen LogP contribution >= 0.6 is 0 Å². The second-order valence-electron chi connectivity index (χ2n) is 12.5. The molecular weight excluding hydrogens is 462 g/mol. The highest BCUT2D eigenvalue weighted by molar-refractivity contribution is 5.71. The van der Waals surface area contributed by atoms with E-state index in [-0.39, 0.29) is 35.4 Å². The Labute approximate surface area is 223 Å². The molecule has 0 unspecified atom stereocenters. The predicted octanol–water partition coefficient (Wildman–Crippen LogP) is 6.81. The van der Waals surface area contributed by atoms with Crippen molar-refractivity contribution >= 4 is 5.97 Å². The zero-order chi connectivity index (χ0) is 26.8. The highest BCUT2D eigenvalue weighted by atomic mass is 16.6. The molecule has 37 heavy (non-hydrogen) atoms. The molecule has 5 nitrogen and oxygen atoms in total. The van der Waals surface area contributed by atoms with Crippen molar-refractivity contribution in [3.8, 4) is 5.75 Å². The third-order valence-electron chi connectivity index (χ3n) is 9.08. The topological polar surface area (TPSA) is 48.0 Å². The van der Waals surface area contributed by atoms with Gasteiger partial charge in [0.2, 0.25) is 0 Å². The lowest BCUT2D eigenvalue weighted by atomic mass is 9.67. The van der Waals surface area contributed by atoms with Gasteiger partial charge in [-0.25, -0.2) is 0 Å². The minimum atomic E-state index is -0.530. The summed E-state index contributed by atoms with van der Waals surface area (Å²) >= 11 is 0. The molecule has 5 heteroatoms. The van der Waals surface area contributed by atoms with Crippen LogP contribution in [0.1, 0.15) is 77.5 Å². The van der Waals surface area contributed by atoms with Gasteiger partial charge in [0.15, 0.2) is 0 Å². The zero-order valence-corrected chi connectivity index (χ0v) is 23.8. The van der Waals surface area contributed by atoms with Gasteiger partial charge in [-0.05, 0) is 74.6 Å². The van der Waals surface area contributed by atoms with Crippen molar-refractivity contribution in [1.82, 2.24) is 4.90 Å². The maximum atomic E-state index is 13.3. The minimum Gasteiger partial charge on any atom is -0.497 e. The lowest BCUT2D eigenvalue weighted by Crippen LogP contribution is -2.49. The van der Waals surface area contributed by atoms with Crippen LogP contribution in [0, 0.1) is 16.7 Å². The van der Waals surface area contributed by atoms with Gasteiger partial charge in [0.05, 0.1) is 19.6 Å². The van der Waals surface area contributed by atoms with E-state index in [0.29, 0.717) is 5.92 Å². The Bertz CT molecular complexity index is 1040. The Kier molecular flexibility index (Phi) is 8.06. The van der Waals surface area contributed by atoms with Crippen LogP contribution < -0.4 is 4.74 Å². The van der Waals surface area contributed by atoms with E-state index in [0.717, 1.165) is 37.2 Å². The molecule has 0 aromatic heterocycles. The van der Waals surface area contributed by atoms with Crippen molar-refractivity contribution in [3.05, 3.63) is 65.7 Å². The summed E-state index contributed by atoms with van der Waals surface area (Å²) in [4.78, 5) is 15.8. The van der Waals surface area contributed by atoms with E-state index >= 15 is 0 Å². The Balaban J connectivity index is 1.75. The number of carbonyl (C=O) groups is 1. The number of hydrogen-bond acceptors (Lipinski definition) is 5. The molecule has 2 bridgehead atoms. The van der Waals surface area contributed by atoms with Crippen LogP contribution in [0.4, 0.5) is 0 Å². The maximum absolute atomic E-state index is 13.3. The molecule has 2 aromatic rings. The van der Waals surface area contributed by atoms with Gasteiger partial charge in [-0.2, -0.15) is 0 Å². The van der Waals surface area contributed by atoms with Crippen molar-refractivity contribution in [2.45, 2.75) is 84.6 Å². The third-order valence-corrected chi connectivity index (χ3v) is 9.08. The van der Waals surface area contributed by atoms with E-state index in [1.54, 1.807) is 7.11 Å². The smallest absolute Gasteiger partial charge is 0.308 e. The van der Waals surface area contributed by atoms with Crippen molar-refractivity contribution < 1.29 is 19.0 Å². The average Bonchev–Trinajstić information content (AvgIpc) is 3.22. The standard InChI is InChI=1S/C32H45NO4/c1-30(2,3)37-29(34)20-27(24-13-15-26(35-6)16-14-24)33(21-23-11-9-8-10-12-23)22-32-18-17-25(31(32,4)5)19-28(32)36-7/h8-16,25,27-28H,17-22H2,1-7H3/t25-,27+,28-,32-/m1/s1. The molecule has 0 heterocycles. The number of benzene rings is 2. The molecule has 0 saturated heterocycles. The lowest BCUT2D eigenvalue weighted by Gasteiger charge is -2.47. The van der Waals surface area contributed by atoms with Crippen molar-refractivity contribution in [2.75, 3.05) is 20.8 Å². The summed E-state index contributed by atoms with van der Waals surface area (Å²) in [5.74, 6) is 1.30. The highest BCUT2D eigenvalue weighted by Crippen LogP contribution is 2.67. The first kappa shape index (κ1) is 27.7. The first-order valence-electron chi connectivity index (χ1n) is 13.7. The predicted molar refractivity (Wildman–Crippen MR) is 147 cm³/mol. The van der Waals surface area contributed by atoms with Gasteiger partial charge in [-0.15, -0.1) is 0 Å². The van der Waals surface area contributed by atoms with Crippen LogP contribution in [0.2, 0.25) is 0 Å². The number of methoxy groups -OCH3 is 2. The van der Waals surface area contributed by atoms with Crippen LogP contribution in [0.25, 0.3) is 0 Å². The Morgan fingerprint density at radius 1 is 1.05 bits per heavy atom. The van der Waals surface area contributed by atoms with Crippen LogP contribution in [-0.2, 0) is 20.8 Å². The van der Waals surface area contributed by atoms with E-state index in [1.807, 2.05) is 40.0 Å². The number of rotatable bonds is 10.